The largest absolute Gasteiger partial charge is 0.492 e. The van der Waals surface area contributed by atoms with Crippen molar-refractivity contribution in [1.82, 2.24) is 14.3 Å². The molecule has 5 heteroatoms. The fourth-order valence-corrected chi connectivity index (χ4v) is 2.65. The monoisotopic (exact) mass is 337 g/mol. The zero-order chi connectivity index (χ0) is 17.6. The number of nitrogens with zero attached hydrogens (tertiary/aromatic N) is 3. The molecule has 3 aromatic rings. The van der Waals surface area contributed by atoms with Crippen molar-refractivity contribution < 1.29 is 9.53 Å². The minimum atomic E-state index is 0.0515. The molecule has 0 fully saturated rings. The standard InChI is InChI=1S/C20H23N3O2/c1-3-16-7-9-18(10-8-16)25-13-12-22(2)20(24)14-17-15-21-19-6-4-5-11-23(17)19/h4-11,15H,3,12-14H2,1-2H3. The Hall–Kier alpha value is -2.82. The maximum atomic E-state index is 12.4. The van der Waals surface area contributed by atoms with Crippen LogP contribution in [0.2, 0.25) is 0 Å². The van der Waals surface area contributed by atoms with Gasteiger partial charge in [-0.05, 0) is 36.2 Å². The van der Waals surface area contributed by atoms with Crippen LogP contribution in [0.3, 0.4) is 0 Å². The van der Waals surface area contributed by atoms with Crippen molar-refractivity contribution in [1.29, 1.82) is 0 Å². The molecule has 0 aliphatic rings. The van der Waals surface area contributed by atoms with Gasteiger partial charge in [0, 0.05) is 19.4 Å². The fourth-order valence-electron chi connectivity index (χ4n) is 2.65. The van der Waals surface area contributed by atoms with Gasteiger partial charge in [-0.1, -0.05) is 25.1 Å². The van der Waals surface area contributed by atoms with E-state index in [1.807, 2.05) is 40.9 Å². The highest BCUT2D eigenvalue weighted by Gasteiger charge is 2.12. The molecule has 1 amide bonds. The molecule has 5 nitrogen and oxygen atoms in total. The topological polar surface area (TPSA) is 46.8 Å². The summed E-state index contributed by atoms with van der Waals surface area (Å²) in [5.41, 5.74) is 3.03. The average Bonchev–Trinajstić information content (AvgIpc) is 3.05. The van der Waals surface area contributed by atoms with Gasteiger partial charge in [0.15, 0.2) is 0 Å². The molecule has 1 aromatic carbocycles. The number of imidazole rings is 1. The number of pyridine rings is 1. The Kier molecular flexibility index (Phi) is 5.33. The number of ether oxygens (including phenoxy) is 1. The average molecular weight is 337 g/mol. The van der Waals surface area contributed by atoms with Gasteiger partial charge in [0.05, 0.1) is 18.7 Å². The maximum Gasteiger partial charge on any atom is 0.228 e. The number of rotatable bonds is 7. The molecule has 0 aliphatic heterocycles. The van der Waals surface area contributed by atoms with Crippen molar-refractivity contribution >= 4 is 11.6 Å². The van der Waals surface area contributed by atoms with E-state index in [0.29, 0.717) is 19.6 Å². The molecule has 0 aliphatic carbocycles. The van der Waals surface area contributed by atoms with Gasteiger partial charge in [-0.25, -0.2) is 4.98 Å². The number of aryl methyl sites for hydroxylation is 1. The smallest absolute Gasteiger partial charge is 0.228 e. The summed E-state index contributed by atoms with van der Waals surface area (Å²) < 4.78 is 7.66. The van der Waals surface area contributed by atoms with Gasteiger partial charge in [-0.3, -0.25) is 4.79 Å². The van der Waals surface area contributed by atoms with Gasteiger partial charge in [0.1, 0.15) is 18.0 Å². The first-order valence-electron chi connectivity index (χ1n) is 8.54. The number of aromatic nitrogens is 2. The molecule has 2 heterocycles. The lowest BCUT2D eigenvalue weighted by atomic mass is 10.2. The molecule has 0 spiro atoms. The predicted molar refractivity (Wildman–Crippen MR) is 97.8 cm³/mol. The molecule has 0 N–H and O–H groups in total. The van der Waals surface area contributed by atoms with E-state index in [1.54, 1.807) is 18.1 Å². The second kappa shape index (κ2) is 7.83. The van der Waals surface area contributed by atoms with Gasteiger partial charge >= 0.3 is 0 Å². The van der Waals surface area contributed by atoms with E-state index in [0.717, 1.165) is 23.5 Å². The molecule has 25 heavy (non-hydrogen) atoms. The highest BCUT2D eigenvalue weighted by molar-refractivity contribution is 5.78. The van der Waals surface area contributed by atoms with Gasteiger partial charge in [0.25, 0.3) is 0 Å². The van der Waals surface area contributed by atoms with Crippen LogP contribution >= 0.6 is 0 Å². The third-order valence-electron chi connectivity index (χ3n) is 4.28. The Morgan fingerprint density at radius 3 is 2.76 bits per heavy atom. The second-order valence-electron chi connectivity index (χ2n) is 6.02. The van der Waals surface area contributed by atoms with Crippen LogP contribution in [-0.2, 0) is 17.6 Å². The van der Waals surface area contributed by atoms with Crippen LogP contribution in [-0.4, -0.2) is 40.4 Å². The number of carbonyl (C=O) groups excluding carboxylic acids is 1. The molecule has 0 unspecified atom stereocenters. The number of likely N-dealkylation sites (N-methyl/N-ethyl adjacent to an activating group) is 1. The number of benzene rings is 1. The van der Waals surface area contributed by atoms with E-state index in [4.69, 9.17) is 4.74 Å². The summed E-state index contributed by atoms with van der Waals surface area (Å²) in [7, 11) is 1.80. The normalized spacial score (nSPS) is 10.8. The SMILES string of the molecule is CCc1ccc(OCCN(C)C(=O)Cc2cnc3ccccn23)cc1. The molecule has 0 atom stereocenters. The van der Waals surface area contributed by atoms with Crippen LogP contribution in [0.1, 0.15) is 18.2 Å². The van der Waals surface area contributed by atoms with Crippen molar-refractivity contribution in [3.63, 3.8) is 0 Å². The zero-order valence-corrected chi connectivity index (χ0v) is 14.7. The molecule has 0 radical (unpaired) electrons. The second-order valence-corrected chi connectivity index (χ2v) is 6.02. The lowest BCUT2D eigenvalue weighted by molar-refractivity contribution is -0.129. The molecule has 130 valence electrons. The predicted octanol–water partition coefficient (Wildman–Crippen LogP) is 2.98. The summed E-state index contributed by atoms with van der Waals surface area (Å²) in [6.45, 7) is 3.14. The molecular weight excluding hydrogens is 314 g/mol. The number of carbonyl (C=O) groups is 1. The van der Waals surface area contributed by atoms with Crippen LogP contribution in [0.15, 0.2) is 54.9 Å². The molecule has 0 saturated carbocycles. The lowest BCUT2D eigenvalue weighted by Gasteiger charge is -2.17. The first kappa shape index (κ1) is 17.0. The quantitative estimate of drug-likeness (QED) is 0.666. The first-order chi connectivity index (χ1) is 12.2. The number of hydrogen-bond donors (Lipinski definition) is 0. The number of fused-ring (bicyclic) bond motifs is 1. The fraction of sp³-hybridized carbons (Fsp3) is 0.300. The van der Waals surface area contributed by atoms with E-state index in [-0.39, 0.29) is 5.91 Å². The lowest BCUT2D eigenvalue weighted by Crippen LogP contribution is -2.32. The minimum absolute atomic E-state index is 0.0515. The minimum Gasteiger partial charge on any atom is -0.492 e. The number of hydrogen-bond acceptors (Lipinski definition) is 3. The molecule has 0 saturated heterocycles. The van der Waals surface area contributed by atoms with Gasteiger partial charge in [-0.2, -0.15) is 0 Å². The summed E-state index contributed by atoms with van der Waals surface area (Å²) in [5.74, 6) is 0.885. The van der Waals surface area contributed by atoms with Crippen molar-refractivity contribution in [2.75, 3.05) is 20.2 Å². The summed E-state index contributed by atoms with van der Waals surface area (Å²) in [6, 6.07) is 13.9. The van der Waals surface area contributed by atoms with Crippen molar-refractivity contribution in [2.45, 2.75) is 19.8 Å². The highest BCUT2D eigenvalue weighted by Crippen LogP contribution is 2.12. The third kappa shape index (κ3) is 4.18. The van der Waals surface area contributed by atoms with Crippen molar-refractivity contribution in [2.24, 2.45) is 0 Å². The Bertz CT molecular complexity index is 840. The Morgan fingerprint density at radius 2 is 2.00 bits per heavy atom. The van der Waals surface area contributed by atoms with Crippen LogP contribution in [0.25, 0.3) is 5.65 Å². The van der Waals surface area contributed by atoms with E-state index in [9.17, 15) is 4.79 Å². The Balaban J connectivity index is 1.50. The van der Waals surface area contributed by atoms with E-state index in [1.165, 1.54) is 5.56 Å². The number of amides is 1. The molecular formula is C20H23N3O2. The summed E-state index contributed by atoms with van der Waals surface area (Å²) in [5, 5.41) is 0. The van der Waals surface area contributed by atoms with E-state index in [2.05, 4.69) is 24.0 Å². The summed E-state index contributed by atoms with van der Waals surface area (Å²) >= 11 is 0. The highest BCUT2D eigenvalue weighted by atomic mass is 16.5. The van der Waals surface area contributed by atoms with Gasteiger partial charge < -0.3 is 14.0 Å². The van der Waals surface area contributed by atoms with Crippen LogP contribution in [0, 0.1) is 0 Å². The zero-order valence-electron chi connectivity index (χ0n) is 14.7. The Morgan fingerprint density at radius 1 is 1.20 bits per heavy atom. The maximum absolute atomic E-state index is 12.4. The molecule has 0 bridgehead atoms. The van der Waals surface area contributed by atoms with Crippen molar-refractivity contribution in [3.05, 3.63) is 66.1 Å². The van der Waals surface area contributed by atoms with E-state index >= 15 is 0 Å². The molecule has 3 rings (SSSR count). The van der Waals surface area contributed by atoms with Crippen LogP contribution in [0.5, 0.6) is 5.75 Å². The molecule has 2 aromatic heterocycles. The van der Waals surface area contributed by atoms with E-state index < -0.39 is 0 Å². The van der Waals surface area contributed by atoms with Gasteiger partial charge in [0.2, 0.25) is 5.91 Å². The van der Waals surface area contributed by atoms with Crippen LogP contribution < -0.4 is 4.74 Å². The first-order valence-corrected chi connectivity index (χ1v) is 8.54. The summed E-state index contributed by atoms with van der Waals surface area (Å²) in [6.07, 6.45) is 5.02. The van der Waals surface area contributed by atoms with Gasteiger partial charge in [-0.15, -0.1) is 0 Å². The third-order valence-corrected chi connectivity index (χ3v) is 4.28. The van der Waals surface area contributed by atoms with Crippen molar-refractivity contribution in [3.8, 4) is 5.75 Å². The Labute approximate surface area is 147 Å². The van der Waals surface area contributed by atoms with Crippen LogP contribution in [0.4, 0.5) is 0 Å². The summed E-state index contributed by atoms with van der Waals surface area (Å²) in [4.78, 5) is 18.4.